The van der Waals surface area contributed by atoms with Gasteiger partial charge in [0.1, 0.15) is 0 Å². The minimum atomic E-state index is -0.312. The van der Waals surface area contributed by atoms with Gasteiger partial charge in [-0.2, -0.15) is 0 Å². The molecule has 0 radical (unpaired) electrons. The number of rotatable bonds is 3. The van der Waals surface area contributed by atoms with Crippen LogP contribution in [0.5, 0.6) is 0 Å². The Morgan fingerprint density at radius 2 is 2.00 bits per heavy atom. The van der Waals surface area contributed by atoms with Crippen LogP contribution in [0.15, 0.2) is 23.8 Å². The van der Waals surface area contributed by atoms with Crippen LogP contribution in [-0.2, 0) is 0 Å². The van der Waals surface area contributed by atoms with Gasteiger partial charge in [0.2, 0.25) is 0 Å². The van der Waals surface area contributed by atoms with Gasteiger partial charge in [0, 0.05) is 5.41 Å². The fourth-order valence-corrected chi connectivity index (χ4v) is 1.81. The number of allylic oxidation sites excluding steroid dienone is 3. The van der Waals surface area contributed by atoms with Gasteiger partial charge in [-0.05, 0) is 25.3 Å². The molecule has 1 aliphatic carbocycles. The summed E-state index contributed by atoms with van der Waals surface area (Å²) in [6.45, 7) is 5.85. The van der Waals surface area contributed by atoms with Crippen molar-refractivity contribution in [3.63, 3.8) is 0 Å². The first-order valence-corrected chi connectivity index (χ1v) is 4.20. The summed E-state index contributed by atoms with van der Waals surface area (Å²) in [6.07, 6.45) is 3.37. The Labute approximate surface area is 73.2 Å². The van der Waals surface area contributed by atoms with Crippen LogP contribution in [0, 0.1) is 5.41 Å². The highest BCUT2D eigenvalue weighted by Crippen LogP contribution is 2.41. The molecule has 0 aliphatic heterocycles. The zero-order valence-electron chi connectivity index (χ0n) is 7.51. The van der Waals surface area contributed by atoms with Gasteiger partial charge in [-0.25, -0.2) is 0 Å². The van der Waals surface area contributed by atoms with E-state index in [2.05, 4.69) is 6.58 Å². The van der Waals surface area contributed by atoms with Gasteiger partial charge in [-0.15, -0.1) is 0 Å². The van der Waals surface area contributed by atoms with Gasteiger partial charge in [-0.3, -0.25) is 0 Å². The van der Waals surface area contributed by atoms with Crippen molar-refractivity contribution in [2.75, 3.05) is 13.2 Å². The fourth-order valence-electron chi connectivity index (χ4n) is 1.81. The molecule has 0 aromatic heterocycles. The monoisotopic (exact) mass is 168 g/mol. The van der Waals surface area contributed by atoms with Gasteiger partial charge >= 0.3 is 0 Å². The van der Waals surface area contributed by atoms with Crippen molar-refractivity contribution in [2.45, 2.75) is 19.8 Å². The van der Waals surface area contributed by atoms with E-state index in [1.165, 1.54) is 11.1 Å². The third-order valence-electron chi connectivity index (χ3n) is 2.67. The minimum absolute atomic E-state index is 0.0537. The summed E-state index contributed by atoms with van der Waals surface area (Å²) in [5, 5.41) is 18.3. The molecule has 0 heterocycles. The summed E-state index contributed by atoms with van der Waals surface area (Å²) in [4.78, 5) is 0. The maximum atomic E-state index is 9.13. The van der Waals surface area contributed by atoms with Crippen molar-refractivity contribution in [3.8, 4) is 0 Å². The largest absolute Gasteiger partial charge is 0.396 e. The summed E-state index contributed by atoms with van der Waals surface area (Å²) in [5.41, 5.74) is 2.11. The molecule has 0 atom stereocenters. The van der Waals surface area contributed by atoms with E-state index in [1.54, 1.807) is 0 Å². The predicted molar refractivity (Wildman–Crippen MR) is 48.7 cm³/mol. The van der Waals surface area contributed by atoms with Crippen LogP contribution in [0.4, 0.5) is 0 Å². The molecule has 0 aromatic carbocycles. The second-order valence-electron chi connectivity index (χ2n) is 3.68. The molecule has 0 amide bonds. The Morgan fingerprint density at radius 3 is 2.25 bits per heavy atom. The Bertz CT molecular complexity index is 212. The molecule has 0 saturated heterocycles. The van der Waals surface area contributed by atoms with Gasteiger partial charge in [-0.1, -0.05) is 18.2 Å². The predicted octanol–water partition coefficient (Wildman–Crippen LogP) is 1.25. The van der Waals surface area contributed by atoms with Gasteiger partial charge in [0.05, 0.1) is 13.2 Å². The van der Waals surface area contributed by atoms with Crippen LogP contribution in [-0.4, -0.2) is 23.4 Å². The van der Waals surface area contributed by atoms with E-state index in [1.807, 2.05) is 13.0 Å². The van der Waals surface area contributed by atoms with E-state index in [4.69, 9.17) is 10.2 Å². The smallest absolute Gasteiger partial charge is 0.0515 e. The van der Waals surface area contributed by atoms with E-state index in [9.17, 15) is 0 Å². The first kappa shape index (κ1) is 9.49. The quantitative estimate of drug-likeness (QED) is 0.666. The van der Waals surface area contributed by atoms with E-state index in [-0.39, 0.29) is 18.6 Å². The number of aliphatic hydroxyl groups is 2. The number of hydrogen-bond donors (Lipinski definition) is 2. The molecule has 0 fully saturated rings. The summed E-state index contributed by atoms with van der Waals surface area (Å²) >= 11 is 0. The molecule has 0 bridgehead atoms. The van der Waals surface area contributed by atoms with Crippen LogP contribution in [0.25, 0.3) is 0 Å². The molecular weight excluding hydrogens is 152 g/mol. The van der Waals surface area contributed by atoms with Crippen LogP contribution in [0.2, 0.25) is 0 Å². The van der Waals surface area contributed by atoms with E-state index in [0.29, 0.717) is 0 Å². The molecule has 0 aromatic rings. The van der Waals surface area contributed by atoms with Crippen molar-refractivity contribution in [1.29, 1.82) is 0 Å². The molecule has 0 spiro atoms. The van der Waals surface area contributed by atoms with Crippen molar-refractivity contribution in [2.24, 2.45) is 5.41 Å². The van der Waals surface area contributed by atoms with Crippen LogP contribution >= 0.6 is 0 Å². The lowest BCUT2D eigenvalue weighted by Crippen LogP contribution is -2.26. The zero-order valence-corrected chi connectivity index (χ0v) is 7.51. The van der Waals surface area contributed by atoms with Crippen molar-refractivity contribution in [3.05, 3.63) is 23.8 Å². The topological polar surface area (TPSA) is 40.5 Å². The molecule has 0 saturated carbocycles. The first-order valence-electron chi connectivity index (χ1n) is 4.20. The second-order valence-corrected chi connectivity index (χ2v) is 3.68. The molecule has 68 valence electrons. The molecule has 0 unspecified atom stereocenters. The third kappa shape index (κ3) is 1.45. The van der Waals surface area contributed by atoms with Crippen molar-refractivity contribution >= 4 is 0 Å². The molecule has 2 N–H and O–H groups in total. The summed E-state index contributed by atoms with van der Waals surface area (Å²) < 4.78 is 0. The van der Waals surface area contributed by atoms with Crippen molar-refractivity contribution < 1.29 is 10.2 Å². The van der Waals surface area contributed by atoms with Gasteiger partial charge in [0.15, 0.2) is 0 Å². The van der Waals surface area contributed by atoms with E-state index < -0.39 is 0 Å². The summed E-state index contributed by atoms with van der Waals surface area (Å²) in [5.74, 6) is 0. The van der Waals surface area contributed by atoms with Crippen LogP contribution < -0.4 is 0 Å². The average molecular weight is 168 g/mol. The highest BCUT2D eigenvalue weighted by Gasteiger charge is 2.35. The summed E-state index contributed by atoms with van der Waals surface area (Å²) in [6, 6.07) is 0. The maximum Gasteiger partial charge on any atom is 0.0515 e. The number of hydrogen-bond acceptors (Lipinski definition) is 2. The molecule has 2 nitrogen and oxygen atoms in total. The first-order chi connectivity index (χ1) is 5.67. The zero-order chi connectivity index (χ0) is 9.19. The van der Waals surface area contributed by atoms with Crippen LogP contribution in [0.1, 0.15) is 19.8 Å². The normalized spacial score (nSPS) is 21.6. The standard InChI is InChI=1S/C10H16O2/c1-3-9-5-10(6-11,7-12)4-8(9)2/h3,11-12H,1,4-7H2,2H3. The second kappa shape index (κ2) is 3.42. The van der Waals surface area contributed by atoms with E-state index in [0.717, 1.165) is 12.8 Å². The summed E-state index contributed by atoms with van der Waals surface area (Å²) in [7, 11) is 0. The Morgan fingerprint density at radius 1 is 1.42 bits per heavy atom. The highest BCUT2D eigenvalue weighted by molar-refractivity contribution is 5.31. The third-order valence-corrected chi connectivity index (χ3v) is 2.67. The molecule has 12 heavy (non-hydrogen) atoms. The fraction of sp³-hybridized carbons (Fsp3) is 0.600. The van der Waals surface area contributed by atoms with E-state index >= 15 is 0 Å². The van der Waals surface area contributed by atoms with Crippen LogP contribution in [0.3, 0.4) is 0 Å². The van der Waals surface area contributed by atoms with Crippen molar-refractivity contribution in [1.82, 2.24) is 0 Å². The van der Waals surface area contributed by atoms with Gasteiger partial charge in [0.25, 0.3) is 0 Å². The lowest BCUT2D eigenvalue weighted by Gasteiger charge is -2.23. The minimum Gasteiger partial charge on any atom is -0.396 e. The lowest BCUT2D eigenvalue weighted by molar-refractivity contribution is 0.0633. The SMILES string of the molecule is C=CC1=C(C)CC(CO)(CO)C1. The average Bonchev–Trinajstić information content (AvgIpc) is 2.43. The molecular formula is C10H16O2. The number of aliphatic hydroxyl groups excluding tert-OH is 2. The Balaban J connectivity index is 2.77. The lowest BCUT2D eigenvalue weighted by atomic mass is 9.86. The molecule has 1 aliphatic rings. The highest BCUT2D eigenvalue weighted by atomic mass is 16.3. The Hall–Kier alpha value is -0.600. The molecule has 2 heteroatoms. The van der Waals surface area contributed by atoms with Gasteiger partial charge < -0.3 is 10.2 Å². The maximum absolute atomic E-state index is 9.13. The Kier molecular flexibility index (Phi) is 2.70. The molecule has 1 rings (SSSR count).